The zero-order chi connectivity index (χ0) is 29.4. The largest absolute Gasteiger partial charge is 0.485 e. The van der Waals surface area contributed by atoms with E-state index in [-0.39, 0.29) is 12.0 Å². The second-order valence-electron chi connectivity index (χ2n) is 9.80. The maximum absolute atomic E-state index is 13.4. The van der Waals surface area contributed by atoms with Gasteiger partial charge in [0.25, 0.3) is 5.91 Å². The van der Waals surface area contributed by atoms with Crippen molar-refractivity contribution >= 4 is 5.91 Å². The highest BCUT2D eigenvalue weighted by Gasteiger charge is 2.20. The molecule has 1 amide bonds. The summed E-state index contributed by atoms with van der Waals surface area (Å²) in [5, 5.41) is 6.16. The first-order chi connectivity index (χ1) is 20.7. The van der Waals surface area contributed by atoms with E-state index in [0.717, 1.165) is 29.7 Å². The fourth-order valence-electron chi connectivity index (χ4n) is 4.36. The van der Waals surface area contributed by atoms with Crippen LogP contribution < -0.4 is 24.8 Å². The van der Waals surface area contributed by atoms with Crippen molar-refractivity contribution in [1.82, 2.24) is 10.6 Å². The Labute approximate surface area is 248 Å². The number of nitrogens with one attached hydrogen (secondary N) is 2. The third-order valence-electron chi connectivity index (χ3n) is 6.59. The minimum Gasteiger partial charge on any atom is -0.485 e. The monoisotopic (exact) mass is 568 g/mol. The predicted molar refractivity (Wildman–Crippen MR) is 165 cm³/mol. The summed E-state index contributed by atoms with van der Waals surface area (Å²) in [6.07, 6.45) is 0.691. The number of benzene rings is 4. The van der Waals surface area contributed by atoms with E-state index >= 15 is 0 Å². The Morgan fingerprint density at radius 1 is 0.714 bits per heavy atom. The number of amides is 1. The van der Waals surface area contributed by atoms with Crippen molar-refractivity contribution in [3.05, 3.63) is 125 Å². The Kier molecular flexibility index (Phi) is 12.3. The summed E-state index contributed by atoms with van der Waals surface area (Å²) in [7, 11) is 1.90. The fourth-order valence-corrected chi connectivity index (χ4v) is 4.36. The van der Waals surface area contributed by atoms with Crippen LogP contribution in [0.5, 0.6) is 17.2 Å². The molecule has 4 aromatic rings. The van der Waals surface area contributed by atoms with Crippen LogP contribution in [0.3, 0.4) is 0 Å². The first-order valence-corrected chi connectivity index (χ1v) is 14.4. The van der Waals surface area contributed by atoms with Gasteiger partial charge in [-0.2, -0.15) is 0 Å². The lowest BCUT2D eigenvalue weighted by Gasteiger charge is -2.20. The van der Waals surface area contributed by atoms with Crippen molar-refractivity contribution in [2.24, 2.45) is 0 Å². The molecule has 0 aliphatic heterocycles. The molecule has 0 aliphatic rings. The van der Waals surface area contributed by atoms with Crippen molar-refractivity contribution in [2.75, 3.05) is 26.7 Å². The van der Waals surface area contributed by atoms with E-state index in [2.05, 4.69) is 10.6 Å². The van der Waals surface area contributed by atoms with Crippen LogP contribution in [-0.4, -0.2) is 38.8 Å². The first-order valence-electron chi connectivity index (χ1n) is 14.4. The predicted octanol–water partition coefficient (Wildman–Crippen LogP) is 6.17. The topological polar surface area (TPSA) is 78.1 Å². The van der Waals surface area contributed by atoms with Gasteiger partial charge in [0.2, 0.25) is 5.75 Å². The molecule has 0 heterocycles. The summed E-state index contributed by atoms with van der Waals surface area (Å²) in [5.74, 6) is 1.07. The second kappa shape index (κ2) is 16.8. The lowest BCUT2D eigenvalue weighted by molar-refractivity contribution is 0.0543. The molecule has 1 atom stereocenters. The Balaban J connectivity index is 1.63. The smallest absolute Gasteiger partial charge is 0.251 e. The number of rotatable bonds is 17. The van der Waals surface area contributed by atoms with Crippen LogP contribution in [0.2, 0.25) is 0 Å². The van der Waals surface area contributed by atoms with E-state index in [0.29, 0.717) is 55.8 Å². The van der Waals surface area contributed by atoms with Crippen LogP contribution >= 0.6 is 0 Å². The Bertz CT molecular complexity index is 1290. The van der Waals surface area contributed by atoms with E-state index < -0.39 is 0 Å². The Morgan fingerprint density at radius 3 is 1.64 bits per heavy atom. The van der Waals surface area contributed by atoms with E-state index in [1.165, 1.54) is 0 Å². The number of carbonyl (C=O) groups excluding carboxylic acids is 1. The van der Waals surface area contributed by atoms with Crippen molar-refractivity contribution < 1.29 is 23.7 Å². The van der Waals surface area contributed by atoms with Gasteiger partial charge in [0.05, 0.1) is 6.10 Å². The van der Waals surface area contributed by atoms with Gasteiger partial charge in [0.15, 0.2) is 11.5 Å². The summed E-state index contributed by atoms with van der Waals surface area (Å²) in [6.45, 7) is 4.65. The molecular formula is C35H40N2O5. The average molecular weight is 569 g/mol. The molecule has 42 heavy (non-hydrogen) atoms. The third-order valence-corrected chi connectivity index (χ3v) is 6.59. The lowest BCUT2D eigenvalue weighted by Crippen LogP contribution is -2.35. The lowest BCUT2D eigenvalue weighted by atomic mass is 10.1. The van der Waals surface area contributed by atoms with Crippen LogP contribution in [0.1, 0.15) is 40.4 Å². The molecule has 0 aromatic heterocycles. The normalized spacial score (nSPS) is 11.5. The summed E-state index contributed by atoms with van der Waals surface area (Å²) in [5.41, 5.74) is 3.41. The van der Waals surface area contributed by atoms with Crippen LogP contribution in [-0.2, 0) is 24.6 Å². The minimum atomic E-state index is -0.243. The van der Waals surface area contributed by atoms with Crippen LogP contribution in [0.25, 0.3) is 0 Å². The molecule has 0 fully saturated rings. The van der Waals surface area contributed by atoms with Gasteiger partial charge in [-0.1, -0.05) is 91.0 Å². The highest BCUT2D eigenvalue weighted by molar-refractivity contribution is 5.95. The standard InChI is InChI=1S/C35H40N2O5/c1-3-39-31(19-20-36-2)23-37-35(38)30-21-32(40-24-27-13-7-4-8-14-27)34(42-26-29-17-11-6-12-18-29)33(22-30)41-25-28-15-9-5-10-16-28/h4-18,21-22,31,36H,3,19-20,23-26H2,1-2H3,(H,37,38). The summed E-state index contributed by atoms with van der Waals surface area (Å²) < 4.78 is 24.7. The Hall–Kier alpha value is -4.33. The first kappa shape index (κ1) is 30.6. The van der Waals surface area contributed by atoms with Gasteiger partial charge in [0.1, 0.15) is 19.8 Å². The zero-order valence-corrected chi connectivity index (χ0v) is 24.4. The van der Waals surface area contributed by atoms with Crippen molar-refractivity contribution in [3.63, 3.8) is 0 Å². The van der Waals surface area contributed by atoms with Crippen LogP contribution in [0.15, 0.2) is 103 Å². The molecule has 2 N–H and O–H groups in total. The van der Waals surface area contributed by atoms with E-state index in [1.54, 1.807) is 12.1 Å². The van der Waals surface area contributed by atoms with Crippen molar-refractivity contribution in [1.29, 1.82) is 0 Å². The van der Waals surface area contributed by atoms with Crippen LogP contribution in [0, 0.1) is 0 Å². The quantitative estimate of drug-likeness (QED) is 0.159. The number of carbonyl (C=O) groups is 1. The molecule has 4 aromatic carbocycles. The highest BCUT2D eigenvalue weighted by atomic mass is 16.5. The molecule has 0 spiro atoms. The van der Waals surface area contributed by atoms with Crippen molar-refractivity contribution in [2.45, 2.75) is 39.3 Å². The van der Waals surface area contributed by atoms with Gasteiger partial charge in [-0.05, 0) is 55.8 Å². The number of hydrogen-bond acceptors (Lipinski definition) is 6. The van der Waals surface area contributed by atoms with Gasteiger partial charge in [0, 0.05) is 18.7 Å². The highest BCUT2D eigenvalue weighted by Crippen LogP contribution is 2.40. The maximum Gasteiger partial charge on any atom is 0.251 e. The van der Waals surface area contributed by atoms with Crippen molar-refractivity contribution in [3.8, 4) is 17.2 Å². The fraction of sp³-hybridized carbons (Fsp3) is 0.286. The molecule has 0 saturated heterocycles. The summed E-state index contributed by atoms with van der Waals surface area (Å²) in [6, 6.07) is 33.1. The van der Waals surface area contributed by atoms with E-state index in [1.807, 2.05) is 105 Å². The van der Waals surface area contributed by atoms with E-state index in [9.17, 15) is 4.79 Å². The van der Waals surface area contributed by atoms with Gasteiger partial charge >= 0.3 is 0 Å². The van der Waals surface area contributed by atoms with Gasteiger partial charge < -0.3 is 29.6 Å². The van der Waals surface area contributed by atoms with E-state index in [4.69, 9.17) is 18.9 Å². The summed E-state index contributed by atoms with van der Waals surface area (Å²) >= 11 is 0. The molecule has 0 aliphatic carbocycles. The molecule has 220 valence electrons. The molecule has 0 radical (unpaired) electrons. The van der Waals surface area contributed by atoms with Crippen LogP contribution in [0.4, 0.5) is 0 Å². The molecule has 1 unspecified atom stereocenters. The third kappa shape index (κ3) is 9.65. The molecule has 4 rings (SSSR count). The number of hydrogen-bond donors (Lipinski definition) is 2. The molecule has 7 heteroatoms. The molecule has 7 nitrogen and oxygen atoms in total. The number of ether oxygens (including phenoxy) is 4. The SMILES string of the molecule is CCOC(CCNC)CNC(=O)c1cc(OCc2ccccc2)c(OCc2ccccc2)c(OCc2ccccc2)c1. The molecular weight excluding hydrogens is 528 g/mol. The molecule has 0 saturated carbocycles. The molecule has 0 bridgehead atoms. The maximum atomic E-state index is 13.4. The van der Waals surface area contributed by atoms with Gasteiger partial charge in [-0.3, -0.25) is 4.79 Å². The summed E-state index contributed by atoms with van der Waals surface area (Å²) in [4.78, 5) is 13.4. The zero-order valence-electron chi connectivity index (χ0n) is 24.4. The minimum absolute atomic E-state index is 0.0949. The second-order valence-corrected chi connectivity index (χ2v) is 9.80. The average Bonchev–Trinajstić information content (AvgIpc) is 3.04. The Morgan fingerprint density at radius 2 is 1.19 bits per heavy atom. The van der Waals surface area contributed by atoms with Gasteiger partial charge in [-0.15, -0.1) is 0 Å². The van der Waals surface area contributed by atoms with Gasteiger partial charge in [-0.25, -0.2) is 0 Å².